The summed E-state index contributed by atoms with van der Waals surface area (Å²) in [6, 6.07) is 7.45. The van der Waals surface area contributed by atoms with E-state index in [4.69, 9.17) is 9.47 Å². The zero-order valence-corrected chi connectivity index (χ0v) is 13.3. The summed E-state index contributed by atoms with van der Waals surface area (Å²) in [5.41, 5.74) is 3.07. The lowest BCUT2D eigenvalue weighted by atomic mass is 10.1. The highest BCUT2D eigenvalue weighted by molar-refractivity contribution is 6.04. The Balaban J connectivity index is 1.52. The van der Waals surface area contributed by atoms with Crippen LogP contribution in [0.4, 0.5) is 5.69 Å². The number of fused-ring (bicyclic) bond motifs is 1. The molecule has 1 atom stereocenters. The number of anilines is 1. The standard InChI is InChI=1S/C17H20N4O3/c22-17(16-12-9-18-7-5-13(12)20-21-16)19-14-3-1-2-4-15(14)24-11-6-8-23-10-11/h1-4,11,18H,5-10H2,(H,19,22)(H,20,21). The summed E-state index contributed by atoms with van der Waals surface area (Å²) in [5, 5.41) is 13.3. The van der Waals surface area contributed by atoms with E-state index in [0.717, 1.165) is 30.6 Å². The van der Waals surface area contributed by atoms with Gasteiger partial charge in [0.15, 0.2) is 5.69 Å². The van der Waals surface area contributed by atoms with Crippen LogP contribution in [0.3, 0.4) is 0 Å². The maximum absolute atomic E-state index is 12.6. The fourth-order valence-electron chi connectivity index (χ4n) is 3.05. The average molecular weight is 328 g/mol. The number of nitrogens with one attached hydrogen (secondary N) is 3. The molecule has 126 valence electrons. The third-order valence-corrected chi connectivity index (χ3v) is 4.34. The fourth-order valence-corrected chi connectivity index (χ4v) is 3.05. The summed E-state index contributed by atoms with van der Waals surface area (Å²) in [5.74, 6) is 0.429. The lowest BCUT2D eigenvalue weighted by Gasteiger charge is -2.16. The first-order valence-corrected chi connectivity index (χ1v) is 8.23. The average Bonchev–Trinajstić information content (AvgIpc) is 3.26. The van der Waals surface area contributed by atoms with Crippen molar-refractivity contribution in [3.05, 3.63) is 41.2 Å². The van der Waals surface area contributed by atoms with Gasteiger partial charge in [0.2, 0.25) is 0 Å². The van der Waals surface area contributed by atoms with E-state index in [0.29, 0.717) is 36.9 Å². The minimum Gasteiger partial charge on any atom is -0.486 e. The molecule has 2 aliphatic rings. The number of aromatic amines is 1. The first-order valence-electron chi connectivity index (χ1n) is 8.23. The zero-order chi connectivity index (χ0) is 16.4. The molecule has 2 aromatic rings. The molecule has 3 N–H and O–H groups in total. The number of ether oxygens (including phenoxy) is 2. The number of nitrogens with zero attached hydrogens (tertiary/aromatic N) is 1. The largest absolute Gasteiger partial charge is 0.486 e. The summed E-state index contributed by atoms with van der Waals surface area (Å²) in [6.45, 7) is 2.86. The smallest absolute Gasteiger partial charge is 0.276 e. The minimum absolute atomic E-state index is 0.0328. The van der Waals surface area contributed by atoms with Gasteiger partial charge in [-0.15, -0.1) is 0 Å². The fraction of sp³-hybridized carbons (Fsp3) is 0.412. The Labute approximate surface area is 139 Å². The molecule has 0 aliphatic carbocycles. The van der Waals surface area contributed by atoms with E-state index in [-0.39, 0.29) is 12.0 Å². The molecule has 24 heavy (non-hydrogen) atoms. The lowest BCUT2D eigenvalue weighted by molar-refractivity contribution is 0.101. The van der Waals surface area contributed by atoms with Gasteiger partial charge in [-0.2, -0.15) is 5.10 Å². The van der Waals surface area contributed by atoms with Crippen LogP contribution >= 0.6 is 0 Å². The van der Waals surface area contributed by atoms with E-state index in [1.807, 2.05) is 24.3 Å². The lowest BCUT2D eigenvalue weighted by Crippen LogP contribution is -2.25. The van der Waals surface area contributed by atoms with Gasteiger partial charge < -0.3 is 20.1 Å². The zero-order valence-electron chi connectivity index (χ0n) is 13.3. The molecule has 0 radical (unpaired) electrons. The van der Waals surface area contributed by atoms with Crippen LogP contribution in [-0.2, 0) is 17.7 Å². The molecule has 1 fully saturated rings. The van der Waals surface area contributed by atoms with Crippen molar-refractivity contribution in [2.45, 2.75) is 25.5 Å². The molecular weight excluding hydrogens is 308 g/mol. The second-order valence-corrected chi connectivity index (χ2v) is 6.01. The Bertz CT molecular complexity index is 737. The Hall–Kier alpha value is -2.38. The van der Waals surface area contributed by atoms with Gasteiger partial charge in [-0.3, -0.25) is 9.89 Å². The van der Waals surface area contributed by atoms with E-state index < -0.39 is 0 Å². The van der Waals surface area contributed by atoms with Crippen LogP contribution < -0.4 is 15.4 Å². The molecule has 1 amide bonds. The van der Waals surface area contributed by atoms with E-state index >= 15 is 0 Å². The van der Waals surface area contributed by atoms with E-state index in [1.54, 1.807) is 0 Å². The third kappa shape index (κ3) is 3.00. The second kappa shape index (κ2) is 6.62. The van der Waals surface area contributed by atoms with Gasteiger partial charge in [0.25, 0.3) is 5.91 Å². The van der Waals surface area contributed by atoms with Crippen LogP contribution in [0.1, 0.15) is 28.2 Å². The first-order chi connectivity index (χ1) is 11.8. The van der Waals surface area contributed by atoms with Crippen LogP contribution in [0.25, 0.3) is 0 Å². The SMILES string of the molecule is O=C(Nc1ccccc1OC1CCOC1)c1n[nH]c2c1CNCC2. The first kappa shape index (κ1) is 15.2. The normalized spacial score (nSPS) is 19.8. The van der Waals surface area contributed by atoms with E-state index in [9.17, 15) is 4.79 Å². The van der Waals surface area contributed by atoms with Crippen LogP contribution in [0, 0.1) is 0 Å². The van der Waals surface area contributed by atoms with Gasteiger partial charge in [0.05, 0.1) is 18.9 Å². The summed E-state index contributed by atoms with van der Waals surface area (Å²) in [7, 11) is 0. The van der Waals surface area contributed by atoms with Crippen LogP contribution in [0.2, 0.25) is 0 Å². The summed E-state index contributed by atoms with van der Waals surface area (Å²) < 4.78 is 11.3. The number of aromatic nitrogens is 2. The van der Waals surface area contributed by atoms with Gasteiger partial charge in [-0.1, -0.05) is 12.1 Å². The molecular formula is C17H20N4O3. The Kier molecular flexibility index (Phi) is 4.18. The predicted octanol–water partition coefficient (Wildman–Crippen LogP) is 1.48. The number of para-hydroxylation sites is 2. The topological polar surface area (TPSA) is 88.3 Å². The van der Waals surface area contributed by atoms with Crippen molar-refractivity contribution in [1.82, 2.24) is 15.5 Å². The summed E-state index contributed by atoms with van der Waals surface area (Å²) in [4.78, 5) is 12.6. The van der Waals surface area contributed by atoms with Crippen molar-refractivity contribution in [2.24, 2.45) is 0 Å². The summed E-state index contributed by atoms with van der Waals surface area (Å²) >= 11 is 0. The number of hydrogen-bond acceptors (Lipinski definition) is 5. The number of amides is 1. The van der Waals surface area contributed by atoms with Crippen molar-refractivity contribution in [3.8, 4) is 5.75 Å². The molecule has 7 nitrogen and oxygen atoms in total. The Morgan fingerprint density at radius 2 is 2.29 bits per heavy atom. The highest BCUT2D eigenvalue weighted by Gasteiger charge is 2.23. The van der Waals surface area contributed by atoms with Gasteiger partial charge in [0.1, 0.15) is 11.9 Å². The predicted molar refractivity (Wildman–Crippen MR) is 88.2 cm³/mol. The monoisotopic (exact) mass is 328 g/mol. The molecule has 3 heterocycles. The molecule has 7 heteroatoms. The molecule has 1 unspecified atom stereocenters. The van der Waals surface area contributed by atoms with Crippen molar-refractivity contribution < 1.29 is 14.3 Å². The van der Waals surface area contributed by atoms with Crippen molar-refractivity contribution >= 4 is 11.6 Å². The highest BCUT2D eigenvalue weighted by atomic mass is 16.5. The van der Waals surface area contributed by atoms with Gasteiger partial charge in [0, 0.05) is 37.2 Å². The third-order valence-electron chi connectivity index (χ3n) is 4.34. The van der Waals surface area contributed by atoms with Crippen LogP contribution in [-0.4, -0.2) is 42.0 Å². The molecule has 1 saturated heterocycles. The van der Waals surface area contributed by atoms with Gasteiger partial charge in [-0.05, 0) is 12.1 Å². The number of hydrogen-bond donors (Lipinski definition) is 3. The van der Waals surface area contributed by atoms with Gasteiger partial charge >= 0.3 is 0 Å². The molecule has 1 aromatic carbocycles. The number of benzene rings is 1. The molecule has 4 rings (SSSR count). The maximum Gasteiger partial charge on any atom is 0.276 e. The minimum atomic E-state index is -0.227. The summed E-state index contributed by atoms with van der Waals surface area (Å²) in [6.07, 6.45) is 1.75. The molecule has 0 spiro atoms. The number of rotatable bonds is 4. The van der Waals surface area contributed by atoms with Crippen molar-refractivity contribution in [2.75, 3.05) is 25.1 Å². The number of carbonyl (C=O) groups excluding carboxylic acids is 1. The van der Waals surface area contributed by atoms with Crippen LogP contribution in [0.5, 0.6) is 5.75 Å². The highest BCUT2D eigenvalue weighted by Crippen LogP contribution is 2.27. The molecule has 0 saturated carbocycles. The Morgan fingerprint density at radius 3 is 3.17 bits per heavy atom. The van der Waals surface area contributed by atoms with Crippen molar-refractivity contribution in [1.29, 1.82) is 0 Å². The maximum atomic E-state index is 12.6. The number of H-pyrrole nitrogens is 1. The Morgan fingerprint density at radius 1 is 1.38 bits per heavy atom. The van der Waals surface area contributed by atoms with Crippen molar-refractivity contribution in [3.63, 3.8) is 0 Å². The molecule has 0 bridgehead atoms. The van der Waals surface area contributed by atoms with Gasteiger partial charge in [-0.25, -0.2) is 0 Å². The number of carbonyl (C=O) groups is 1. The molecule has 2 aliphatic heterocycles. The van der Waals surface area contributed by atoms with E-state index in [2.05, 4.69) is 20.8 Å². The second-order valence-electron chi connectivity index (χ2n) is 6.01. The van der Waals surface area contributed by atoms with Crippen LogP contribution in [0.15, 0.2) is 24.3 Å². The quantitative estimate of drug-likeness (QED) is 0.791. The molecule has 1 aromatic heterocycles. The van der Waals surface area contributed by atoms with E-state index in [1.165, 1.54) is 0 Å².